The van der Waals surface area contributed by atoms with E-state index in [1.165, 1.54) is 6.20 Å². The number of ether oxygens (including phenoxy) is 1. The van der Waals surface area contributed by atoms with Gasteiger partial charge in [0.25, 0.3) is 0 Å². The van der Waals surface area contributed by atoms with Gasteiger partial charge >= 0.3 is 0 Å². The molecule has 0 spiro atoms. The van der Waals surface area contributed by atoms with Crippen molar-refractivity contribution >= 4 is 27.5 Å². The molecule has 0 unspecified atom stereocenters. The SMILES string of the molecule is Cc1cc(Oc2ncc(Cl)cc2Br)n(C)n1. The summed E-state index contributed by atoms with van der Waals surface area (Å²) < 4.78 is 7.96. The minimum Gasteiger partial charge on any atom is -0.420 e. The van der Waals surface area contributed by atoms with E-state index in [1.54, 1.807) is 10.7 Å². The number of rotatable bonds is 2. The van der Waals surface area contributed by atoms with Crippen molar-refractivity contribution in [2.75, 3.05) is 0 Å². The Labute approximate surface area is 106 Å². The van der Waals surface area contributed by atoms with Gasteiger partial charge < -0.3 is 4.74 Å². The first-order valence-corrected chi connectivity index (χ1v) is 5.73. The zero-order chi connectivity index (χ0) is 11.7. The van der Waals surface area contributed by atoms with E-state index in [9.17, 15) is 0 Å². The number of aryl methyl sites for hydroxylation is 2. The van der Waals surface area contributed by atoms with E-state index >= 15 is 0 Å². The van der Waals surface area contributed by atoms with E-state index < -0.39 is 0 Å². The Balaban J connectivity index is 2.30. The smallest absolute Gasteiger partial charge is 0.235 e. The topological polar surface area (TPSA) is 39.9 Å². The van der Waals surface area contributed by atoms with Crippen LogP contribution in [0, 0.1) is 6.92 Å². The van der Waals surface area contributed by atoms with Crippen LogP contribution in [0.4, 0.5) is 0 Å². The molecule has 0 saturated heterocycles. The molecule has 0 bridgehead atoms. The number of pyridine rings is 1. The number of nitrogens with zero attached hydrogens (tertiary/aromatic N) is 3. The van der Waals surface area contributed by atoms with Gasteiger partial charge in [0.15, 0.2) is 0 Å². The Morgan fingerprint density at radius 3 is 2.75 bits per heavy atom. The van der Waals surface area contributed by atoms with Crippen molar-refractivity contribution in [2.45, 2.75) is 6.92 Å². The highest BCUT2D eigenvalue weighted by molar-refractivity contribution is 9.10. The van der Waals surface area contributed by atoms with E-state index in [4.69, 9.17) is 16.3 Å². The lowest BCUT2D eigenvalue weighted by Crippen LogP contribution is -1.96. The molecule has 0 fully saturated rings. The minimum atomic E-state index is 0.465. The van der Waals surface area contributed by atoms with E-state index in [0.717, 1.165) is 5.69 Å². The van der Waals surface area contributed by atoms with Crippen molar-refractivity contribution < 1.29 is 4.74 Å². The first-order chi connectivity index (χ1) is 7.56. The van der Waals surface area contributed by atoms with Gasteiger partial charge in [0, 0.05) is 19.3 Å². The predicted octanol–water partition coefficient (Wildman–Crippen LogP) is 3.33. The van der Waals surface area contributed by atoms with Crippen LogP contribution in [-0.4, -0.2) is 14.8 Å². The number of hydrogen-bond acceptors (Lipinski definition) is 3. The van der Waals surface area contributed by atoms with Crippen LogP contribution in [0.25, 0.3) is 0 Å². The highest BCUT2D eigenvalue weighted by Gasteiger charge is 2.09. The van der Waals surface area contributed by atoms with Crippen LogP contribution in [0.3, 0.4) is 0 Å². The summed E-state index contributed by atoms with van der Waals surface area (Å²) in [4.78, 5) is 4.08. The molecule has 84 valence electrons. The van der Waals surface area contributed by atoms with Crippen LogP contribution >= 0.6 is 27.5 Å². The van der Waals surface area contributed by atoms with Gasteiger partial charge in [-0.15, -0.1) is 0 Å². The van der Waals surface area contributed by atoms with Gasteiger partial charge in [0.2, 0.25) is 11.8 Å². The molecule has 0 aliphatic carbocycles. The fraction of sp³-hybridized carbons (Fsp3) is 0.200. The van der Waals surface area contributed by atoms with Gasteiger partial charge in [-0.25, -0.2) is 9.67 Å². The average molecular weight is 303 g/mol. The molecule has 0 saturated carbocycles. The minimum absolute atomic E-state index is 0.465. The van der Waals surface area contributed by atoms with Crippen LogP contribution in [0.2, 0.25) is 5.02 Å². The van der Waals surface area contributed by atoms with Crippen LogP contribution in [0.1, 0.15) is 5.69 Å². The Bertz CT molecular complexity index is 527. The molecule has 0 aromatic carbocycles. The molecule has 0 aliphatic rings. The van der Waals surface area contributed by atoms with Crippen LogP contribution < -0.4 is 4.74 Å². The average Bonchev–Trinajstić information content (AvgIpc) is 2.50. The van der Waals surface area contributed by atoms with Crippen LogP contribution in [-0.2, 0) is 7.05 Å². The summed E-state index contributed by atoms with van der Waals surface area (Å²) in [5, 5.41) is 4.73. The molecule has 2 rings (SSSR count). The molecule has 0 amide bonds. The third-order valence-corrected chi connectivity index (χ3v) is 2.71. The zero-order valence-corrected chi connectivity index (χ0v) is 11.1. The second-order valence-corrected chi connectivity index (χ2v) is 4.58. The quantitative estimate of drug-likeness (QED) is 0.854. The first kappa shape index (κ1) is 11.4. The van der Waals surface area contributed by atoms with Gasteiger partial charge in [-0.1, -0.05) is 11.6 Å². The monoisotopic (exact) mass is 301 g/mol. The van der Waals surface area contributed by atoms with E-state index in [-0.39, 0.29) is 0 Å². The lowest BCUT2D eigenvalue weighted by Gasteiger charge is -2.05. The third kappa shape index (κ3) is 2.36. The molecule has 0 aliphatic heterocycles. The third-order valence-electron chi connectivity index (χ3n) is 1.93. The molecule has 4 nitrogen and oxygen atoms in total. The van der Waals surface area contributed by atoms with Gasteiger partial charge in [-0.2, -0.15) is 5.10 Å². The van der Waals surface area contributed by atoms with Gasteiger partial charge in [-0.05, 0) is 28.9 Å². The Morgan fingerprint density at radius 2 is 2.19 bits per heavy atom. The van der Waals surface area contributed by atoms with E-state index in [0.29, 0.717) is 21.3 Å². The van der Waals surface area contributed by atoms with E-state index in [1.807, 2.05) is 20.0 Å². The molecular weight excluding hydrogens is 293 g/mol. The normalized spacial score (nSPS) is 10.5. The van der Waals surface area contributed by atoms with Crippen molar-refractivity contribution in [3.63, 3.8) is 0 Å². The fourth-order valence-electron chi connectivity index (χ4n) is 1.26. The van der Waals surface area contributed by atoms with Crippen molar-refractivity contribution in [3.8, 4) is 11.8 Å². The van der Waals surface area contributed by atoms with Gasteiger partial charge in [0.1, 0.15) is 0 Å². The maximum atomic E-state index is 5.79. The maximum Gasteiger partial charge on any atom is 0.235 e. The lowest BCUT2D eigenvalue weighted by molar-refractivity contribution is 0.413. The van der Waals surface area contributed by atoms with Crippen molar-refractivity contribution in [3.05, 3.63) is 33.5 Å². The number of halogens is 2. The Morgan fingerprint density at radius 1 is 1.44 bits per heavy atom. The summed E-state index contributed by atoms with van der Waals surface area (Å²) in [5.74, 6) is 1.10. The van der Waals surface area contributed by atoms with Crippen molar-refractivity contribution in [1.82, 2.24) is 14.8 Å². The predicted molar refractivity (Wildman–Crippen MR) is 65.0 cm³/mol. The Hall–Kier alpha value is -1.07. The highest BCUT2D eigenvalue weighted by Crippen LogP contribution is 2.29. The zero-order valence-electron chi connectivity index (χ0n) is 8.74. The molecule has 2 aromatic rings. The van der Waals surface area contributed by atoms with Crippen LogP contribution in [0.15, 0.2) is 22.8 Å². The van der Waals surface area contributed by atoms with Crippen LogP contribution in [0.5, 0.6) is 11.8 Å². The maximum absolute atomic E-state index is 5.79. The largest absolute Gasteiger partial charge is 0.420 e. The summed E-state index contributed by atoms with van der Waals surface area (Å²) in [6.45, 7) is 1.90. The second-order valence-electron chi connectivity index (χ2n) is 3.29. The molecule has 0 N–H and O–H groups in total. The standard InChI is InChI=1S/C10H9BrClN3O/c1-6-3-9(15(2)14-6)16-10-8(11)4-7(12)5-13-10/h3-5H,1-2H3. The summed E-state index contributed by atoms with van der Waals surface area (Å²) in [6.07, 6.45) is 1.53. The first-order valence-electron chi connectivity index (χ1n) is 4.56. The fourth-order valence-corrected chi connectivity index (χ4v) is 1.98. The number of aromatic nitrogens is 3. The Kier molecular flexibility index (Phi) is 3.16. The molecule has 2 heterocycles. The van der Waals surface area contributed by atoms with Gasteiger partial charge in [0.05, 0.1) is 15.2 Å². The molecular formula is C10H9BrClN3O. The van der Waals surface area contributed by atoms with Crippen molar-refractivity contribution in [1.29, 1.82) is 0 Å². The number of hydrogen-bond donors (Lipinski definition) is 0. The lowest BCUT2D eigenvalue weighted by atomic mass is 10.5. The molecule has 0 atom stereocenters. The second kappa shape index (κ2) is 4.43. The van der Waals surface area contributed by atoms with Crippen molar-refractivity contribution in [2.24, 2.45) is 7.05 Å². The highest BCUT2D eigenvalue weighted by atomic mass is 79.9. The summed E-state index contributed by atoms with van der Waals surface area (Å²) in [6, 6.07) is 3.57. The molecule has 6 heteroatoms. The summed E-state index contributed by atoms with van der Waals surface area (Å²) in [5.41, 5.74) is 0.891. The summed E-state index contributed by atoms with van der Waals surface area (Å²) >= 11 is 9.12. The van der Waals surface area contributed by atoms with Gasteiger partial charge in [-0.3, -0.25) is 0 Å². The molecule has 2 aromatic heterocycles. The van der Waals surface area contributed by atoms with E-state index in [2.05, 4.69) is 26.0 Å². The molecule has 16 heavy (non-hydrogen) atoms. The molecule has 0 radical (unpaired) electrons. The summed E-state index contributed by atoms with van der Waals surface area (Å²) in [7, 11) is 1.81.